The minimum absolute atomic E-state index is 0.0214. The molecule has 0 spiro atoms. The van der Waals surface area contributed by atoms with Gasteiger partial charge in [0.2, 0.25) is 5.69 Å². The van der Waals surface area contributed by atoms with Crippen molar-refractivity contribution in [2.75, 3.05) is 0 Å². The number of hydrogen-bond acceptors (Lipinski definition) is 2. The number of benzene rings is 2. The Balaban J connectivity index is 2.01. The Hall–Kier alpha value is -2.93. The maximum Gasteiger partial charge on any atom is 0.213 e. The van der Waals surface area contributed by atoms with Crippen LogP contribution >= 0.6 is 0 Å². The summed E-state index contributed by atoms with van der Waals surface area (Å²) in [6.07, 6.45) is 0. The highest BCUT2D eigenvalue weighted by Crippen LogP contribution is 2.62. The van der Waals surface area contributed by atoms with Gasteiger partial charge in [-0.25, -0.2) is 14.8 Å². The Labute approximate surface area is 190 Å². The zero-order chi connectivity index (χ0) is 23.4. The highest BCUT2D eigenvalue weighted by Gasteiger charge is 2.57. The van der Waals surface area contributed by atoms with E-state index >= 15 is 0 Å². The fraction of sp³-hybridized carbons (Fsp3) is 0.464. The van der Waals surface area contributed by atoms with E-state index in [0.717, 1.165) is 33.4 Å². The number of fused-ring (bicyclic) bond motifs is 6. The van der Waals surface area contributed by atoms with Gasteiger partial charge in [-0.3, -0.25) is 4.40 Å². The van der Waals surface area contributed by atoms with E-state index in [4.69, 9.17) is 16.5 Å². The third-order valence-electron chi connectivity index (χ3n) is 8.74. The van der Waals surface area contributed by atoms with Crippen molar-refractivity contribution < 1.29 is 0 Å². The molecule has 164 valence electrons. The molecule has 4 nitrogen and oxygen atoms in total. The van der Waals surface area contributed by atoms with Gasteiger partial charge in [0.25, 0.3) is 0 Å². The molecular weight excluding hydrogens is 392 g/mol. The molecule has 5 rings (SSSR count). The first-order valence-corrected chi connectivity index (χ1v) is 11.4. The van der Waals surface area contributed by atoms with Gasteiger partial charge in [-0.2, -0.15) is 0 Å². The first-order chi connectivity index (χ1) is 14.7. The van der Waals surface area contributed by atoms with E-state index in [1.807, 2.05) is 18.2 Å². The Morgan fingerprint density at radius 3 is 2.12 bits per heavy atom. The first-order valence-electron chi connectivity index (χ1n) is 11.4. The van der Waals surface area contributed by atoms with Gasteiger partial charge in [0.15, 0.2) is 0 Å². The van der Waals surface area contributed by atoms with E-state index in [1.165, 1.54) is 11.1 Å². The van der Waals surface area contributed by atoms with Gasteiger partial charge in [-0.1, -0.05) is 80.5 Å². The van der Waals surface area contributed by atoms with Crippen LogP contribution < -0.4 is 0 Å². The van der Waals surface area contributed by atoms with Gasteiger partial charge in [0.05, 0.1) is 23.1 Å². The number of nitrogens with zero attached hydrogens (tertiary/aromatic N) is 4. The van der Waals surface area contributed by atoms with Gasteiger partial charge in [0, 0.05) is 10.8 Å². The second-order valence-electron chi connectivity index (χ2n) is 12.0. The van der Waals surface area contributed by atoms with Crippen LogP contribution in [0.1, 0.15) is 79.3 Å². The van der Waals surface area contributed by atoms with E-state index in [9.17, 15) is 0 Å². The zero-order valence-electron chi connectivity index (χ0n) is 20.7. The SMILES string of the molecule is [C-]#[N+]c1cccc2c1nc(C(C)(C)C)n1c3cc4c(cc3nc21)C(C)(C)C(C)(C)C4(C)C. The molecule has 0 bridgehead atoms. The second-order valence-corrected chi connectivity index (χ2v) is 12.0. The van der Waals surface area contributed by atoms with Crippen LogP contribution in [0.15, 0.2) is 30.3 Å². The molecule has 0 amide bonds. The van der Waals surface area contributed by atoms with Gasteiger partial charge < -0.3 is 0 Å². The Bertz CT molecular complexity index is 1480. The third-order valence-corrected chi connectivity index (χ3v) is 8.74. The summed E-state index contributed by atoms with van der Waals surface area (Å²) in [6.45, 7) is 28.4. The van der Waals surface area contributed by atoms with Gasteiger partial charge in [0.1, 0.15) is 11.5 Å². The summed E-state index contributed by atoms with van der Waals surface area (Å²) in [7, 11) is 0. The van der Waals surface area contributed by atoms with Gasteiger partial charge in [-0.05, 0) is 39.5 Å². The van der Waals surface area contributed by atoms with Crippen LogP contribution in [0.4, 0.5) is 5.69 Å². The van der Waals surface area contributed by atoms with Crippen LogP contribution in [-0.2, 0) is 16.2 Å². The fourth-order valence-electron chi connectivity index (χ4n) is 5.59. The van der Waals surface area contributed by atoms with Crippen LogP contribution in [0.3, 0.4) is 0 Å². The molecule has 0 N–H and O–H groups in total. The molecular formula is C28H32N4. The maximum atomic E-state index is 7.64. The summed E-state index contributed by atoms with van der Waals surface area (Å²) in [5.74, 6) is 0.938. The summed E-state index contributed by atoms with van der Waals surface area (Å²) in [4.78, 5) is 14.0. The van der Waals surface area contributed by atoms with E-state index < -0.39 is 0 Å². The number of aromatic nitrogens is 3. The smallest absolute Gasteiger partial charge is 0.213 e. The predicted molar refractivity (Wildman–Crippen MR) is 133 cm³/mol. The van der Waals surface area contributed by atoms with Crippen molar-refractivity contribution in [2.24, 2.45) is 5.41 Å². The summed E-state index contributed by atoms with van der Waals surface area (Å²) < 4.78 is 2.24. The summed E-state index contributed by atoms with van der Waals surface area (Å²) in [5, 5.41) is 0.932. The van der Waals surface area contributed by atoms with E-state index in [-0.39, 0.29) is 21.7 Å². The molecule has 2 aromatic carbocycles. The van der Waals surface area contributed by atoms with Crippen molar-refractivity contribution >= 4 is 33.3 Å². The lowest BCUT2D eigenvalue weighted by Crippen LogP contribution is -2.42. The summed E-state index contributed by atoms with van der Waals surface area (Å²) in [5.41, 5.74) is 7.04. The quantitative estimate of drug-likeness (QED) is 0.274. The molecule has 0 radical (unpaired) electrons. The van der Waals surface area contributed by atoms with Crippen molar-refractivity contribution in [2.45, 2.75) is 78.6 Å². The highest BCUT2D eigenvalue weighted by atomic mass is 15.1. The Kier molecular flexibility index (Phi) is 3.86. The van der Waals surface area contributed by atoms with Crippen LogP contribution in [0.25, 0.3) is 32.4 Å². The molecule has 1 aliphatic carbocycles. The molecule has 0 saturated carbocycles. The third kappa shape index (κ3) is 2.32. The number of hydrogen-bond donors (Lipinski definition) is 0. The minimum atomic E-state index is -0.206. The Morgan fingerprint density at radius 2 is 1.53 bits per heavy atom. The minimum Gasteiger partial charge on any atom is -0.279 e. The van der Waals surface area contributed by atoms with E-state index in [2.05, 4.69) is 83.7 Å². The Morgan fingerprint density at radius 1 is 0.906 bits per heavy atom. The van der Waals surface area contributed by atoms with E-state index in [0.29, 0.717) is 5.69 Å². The van der Waals surface area contributed by atoms with E-state index in [1.54, 1.807) is 0 Å². The number of imidazole rings is 1. The molecule has 0 unspecified atom stereocenters. The van der Waals surface area contributed by atoms with Crippen LogP contribution in [0, 0.1) is 12.0 Å². The maximum absolute atomic E-state index is 7.64. The average molecular weight is 425 g/mol. The molecule has 32 heavy (non-hydrogen) atoms. The second kappa shape index (κ2) is 5.90. The molecule has 2 aromatic heterocycles. The molecule has 0 aliphatic heterocycles. The molecule has 4 heteroatoms. The molecule has 1 aliphatic rings. The summed E-state index contributed by atoms with van der Waals surface area (Å²) >= 11 is 0. The lowest BCUT2D eigenvalue weighted by molar-refractivity contribution is 0.125. The van der Waals surface area contributed by atoms with Crippen molar-refractivity contribution in [3.05, 3.63) is 58.7 Å². The fourth-order valence-corrected chi connectivity index (χ4v) is 5.59. The number of rotatable bonds is 0. The molecule has 0 saturated heterocycles. The largest absolute Gasteiger partial charge is 0.279 e. The van der Waals surface area contributed by atoms with Crippen molar-refractivity contribution in [3.63, 3.8) is 0 Å². The van der Waals surface area contributed by atoms with Crippen molar-refractivity contribution in [3.8, 4) is 0 Å². The van der Waals surface area contributed by atoms with Crippen molar-refractivity contribution in [1.29, 1.82) is 0 Å². The van der Waals surface area contributed by atoms with Crippen LogP contribution in [-0.4, -0.2) is 14.4 Å². The standard InChI is InChI=1S/C28H32N4/c1-25(2,3)24-31-22-16(12-11-13-19(22)29-10)23-30-20-14-17-18(15-21(20)32(23)24)27(6,7)28(8,9)26(17,4)5/h11-15H,1-9H3. The zero-order valence-corrected chi connectivity index (χ0v) is 20.7. The molecule has 0 atom stereocenters. The summed E-state index contributed by atoms with van der Waals surface area (Å²) in [6, 6.07) is 10.5. The lowest BCUT2D eigenvalue weighted by atomic mass is 9.59. The van der Waals surface area contributed by atoms with Crippen LogP contribution in [0.5, 0.6) is 0 Å². The van der Waals surface area contributed by atoms with Gasteiger partial charge in [-0.15, -0.1) is 0 Å². The number of para-hydroxylation sites is 1. The molecule has 0 fully saturated rings. The molecule has 2 heterocycles. The normalized spacial score (nSPS) is 18.9. The monoisotopic (exact) mass is 424 g/mol. The molecule has 4 aromatic rings. The van der Waals surface area contributed by atoms with Crippen molar-refractivity contribution in [1.82, 2.24) is 14.4 Å². The lowest BCUT2D eigenvalue weighted by Gasteiger charge is -2.44. The highest BCUT2D eigenvalue weighted by molar-refractivity contribution is 6.02. The van der Waals surface area contributed by atoms with Crippen LogP contribution in [0.2, 0.25) is 0 Å². The predicted octanol–water partition coefficient (Wildman–Crippen LogP) is 7.48. The first kappa shape index (κ1) is 20.9. The van der Waals surface area contributed by atoms with Gasteiger partial charge >= 0.3 is 0 Å². The topological polar surface area (TPSA) is 34.5 Å². The average Bonchev–Trinajstić information content (AvgIpc) is 3.13.